The maximum absolute atomic E-state index is 13.9. The molecule has 0 atom stereocenters. The third kappa shape index (κ3) is 2.69. The molecule has 4 nitrogen and oxygen atoms in total. The number of anilines is 1. The second kappa shape index (κ2) is 5.55. The number of aromatic nitrogens is 1. The van der Waals surface area contributed by atoms with Crippen molar-refractivity contribution < 1.29 is 9.18 Å². The molecule has 0 radical (unpaired) electrons. The lowest BCUT2D eigenvalue weighted by atomic mass is 9.67. The molecule has 0 unspecified atom stereocenters. The number of carbonyl (C=O) groups is 1. The van der Waals surface area contributed by atoms with Crippen LogP contribution in [0.1, 0.15) is 43.0 Å². The van der Waals surface area contributed by atoms with Crippen molar-refractivity contribution in [2.75, 3.05) is 18.9 Å². The Bertz CT molecular complexity index is 466. The van der Waals surface area contributed by atoms with Crippen molar-refractivity contribution in [3.8, 4) is 0 Å². The molecule has 2 N–H and O–H groups in total. The Labute approximate surface area is 112 Å². The van der Waals surface area contributed by atoms with Crippen LogP contribution in [0.4, 0.5) is 10.2 Å². The van der Waals surface area contributed by atoms with Crippen molar-refractivity contribution >= 4 is 11.7 Å². The molecule has 1 heterocycles. The van der Waals surface area contributed by atoms with Gasteiger partial charge in [-0.3, -0.25) is 4.79 Å². The lowest BCUT2D eigenvalue weighted by molar-refractivity contribution is 0.0846. The van der Waals surface area contributed by atoms with Gasteiger partial charge in [-0.1, -0.05) is 13.3 Å². The van der Waals surface area contributed by atoms with Gasteiger partial charge >= 0.3 is 0 Å². The van der Waals surface area contributed by atoms with E-state index in [1.54, 1.807) is 7.05 Å². The van der Waals surface area contributed by atoms with Crippen molar-refractivity contribution in [1.29, 1.82) is 0 Å². The van der Waals surface area contributed by atoms with Gasteiger partial charge in [-0.05, 0) is 30.7 Å². The highest BCUT2D eigenvalue weighted by molar-refractivity contribution is 5.95. The number of pyridine rings is 1. The number of hydrogen-bond donors (Lipinski definition) is 2. The van der Waals surface area contributed by atoms with E-state index >= 15 is 0 Å². The molecule has 1 amide bonds. The third-order valence-electron chi connectivity index (χ3n) is 4.16. The van der Waals surface area contributed by atoms with Gasteiger partial charge in [0.2, 0.25) is 0 Å². The molecule has 0 aliphatic heterocycles. The Morgan fingerprint density at radius 2 is 2.26 bits per heavy atom. The fraction of sp³-hybridized carbons (Fsp3) is 0.571. The molecule has 1 saturated carbocycles. The second-order valence-electron chi connectivity index (χ2n) is 5.16. The minimum Gasteiger partial charge on any atom is -0.371 e. The monoisotopic (exact) mass is 265 g/mol. The standard InChI is InChI=1S/C14H20FN3O/c1-3-14(6-4-7-14)9-18-13(19)10-5-8-17-12(16-2)11(10)15/h5,8H,3-4,6-7,9H2,1-2H3,(H,16,17)(H,18,19). The molecule has 0 bridgehead atoms. The first-order valence-electron chi connectivity index (χ1n) is 6.72. The Hall–Kier alpha value is -1.65. The lowest BCUT2D eigenvalue weighted by Gasteiger charge is -2.41. The molecule has 1 aromatic heterocycles. The summed E-state index contributed by atoms with van der Waals surface area (Å²) in [6, 6.07) is 1.41. The van der Waals surface area contributed by atoms with Crippen LogP contribution in [0.3, 0.4) is 0 Å². The quantitative estimate of drug-likeness (QED) is 0.860. The van der Waals surface area contributed by atoms with Gasteiger partial charge in [0, 0.05) is 19.8 Å². The van der Waals surface area contributed by atoms with E-state index in [0.717, 1.165) is 19.3 Å². The van der Waals surface area contributed by atoms with Crippen LogP contribution in [0.2, 0.25) is 0 Å². The summed E-state index contributed by atoms with van der Waals surface area (Å²) in [6.07, 6.45) is 5.99. The summed E-state index contributed by atoms with van der Waals surface area (Å²) in [4.78, 5) is 15.9. The van der Waals surface area contributed by atoms with Crippen LogP contribution >= 0.6 is 0 Å². The van der Waals surface area contributed by atoms with Crippen molar-refractivity contribution in [2.45, 2.75) is 32.6 Å². The van der Waals surface area contributed by atoms with E-state index in [-0.39, 0.29) is 22.7 Å². The predicted octanol–water partition coefficient (Wildman–Crippen LogP) is 2.57. The molecule has 0 spiro atoms. The first-order valence-corrected chi connectivity index (χ1v) is 6.72. The minimum absolute atomic E-state index is 0.0462. The van der Waals surface area contributed by atoms with Crippen molar-refractivity contribution in [3.63, 3.8) is 0 Å². The smallest absolute Gasteiger partial charge is 0.254 e. The van der Waals surface area contributed by atoms with Crippen LogP contribution in [0, 0.1) is 11.2 Å². The van der Waals surface area contributed by atoms with Gasteiger partial charge in [-0.2, -0.15) is 0 Å². The van der Waals surface area contributed by atoms with E-state index in [1.807, 2.05) is 0 Å². The van der Waals surface area contributed by atoms with E-state index < -0.39 is 5.82 Å². The first kappa shape index (κ1) is 13.8. The molecular formula is C14H20FN3O. The zero-order valence-corrected chi connectivity index (χ0v) is 11.4. The molecule has 5 heteroatoms. The normalized spacial score (nSPS) is 16.6. The average Bonchev–Trinajstić information content (AvgIpc) is 2.38. The lowest BCUT2D eigenvalue weighted by Crippen LogP contribution is -2.41. The molecular weight excluding hydrogens is 245 g/mol. The van der Waals surface area contributed by atoms with Crippen molar-refractivity contribution in [1.82, 2.24) is 10.3 Å². The molecule has 1 fully saturated rings. The Morgan fingerprint density at radius 1 is 1.53 bits per heavy atom. The van der Waals surface area contributed by atoms with E-state index in [0.29, 0.717) is 6.54 Å². The second-order valence-corrected chi connectivity index (χ2v) is 5.16. The Kier molecular flexibility index (Phi) is 4.02. The van der Waals surface area contributed by atoms with E-state index in [4.69, 9.17) is 0 Å². The summed E-state index contributed by atoms with van der Waals surface area (Å²) in [5.74, 6) is -0.862. The molecule has 1 aromatic rings. The minimum atomic E-state index is -0.596. The molecule has 104 valence electrons. The van der Waals surface area contributed by atoms with Crippen molar-refractivity contribution in [3.05, 3.63) is 23.6 Å². The molecule has 1 aliphatic rings. The molecule has 1 aliphatic carbocycles. The zero-order valence-electron chi connectivity index (χ0n) is 11.4. The highest BCUT2D eigenvalue weighted by Crippen LogP contribution is 2.43. The highest BCUT2D eigenvalue weighted by Gasteiger charge is 2.35. The van der Waals surface area contributed by atoms with Crippen LogP contribution in [-0.2, 0) is 0 Å². The van der Waals surface area contributed by atoms with Crippen LogP contribution in [0.25, 0.3) is 0 Å². The largest absolute Gasteiger partial charge is 0.371 e. The summed E-state index contributed by atoms with van der Waals surface area (Å²) < 4.78 is 13.9. The van der Waals surface area contributed by atoms with Gasteiger partial charge < -0.3 is 10.6 Å². The summed E-state index contributed by atoms with van der Waals surface area (Å²) in [5, 5.41) is 5.48. The van der Waals surface area contributed by atoms with Crippen LogP contribution in [-0.4, -0.2) is 24.5 Å². The van der Waals surface area contributed by atoms with E-state index in [1.165, 1.54) is 18.7 Å². The van der Waals surface area contributed by atoms with Gasteiger partial charge in [0.05, 0.1) is 5.56 Å². The van der Waals surface area contributed by atoms with Crippen molar-refractivity contribution in [2.24, 2.45) is 5.41 Å². The predicted molar refractivity (Wildman–Crippen MR) is 72.6 cm³/mol. The van der Waals surface area contributed by atoms with Gasteiger partial charge in [-0.25, -0.2) is 9.37 Å². The number of nitrogens with one attached hydrogen (secondary N) is 2. The fourth-order valence-corrected chi connectivity index (χ4v) is 2.49. The van der Waals surface area contributed by atoms with Crippen LogP contribution < -0.4 is 10.6 Å². The molecule has 0 aromatic carbocycles. The maximum atomic E-state index is 13.9. The fourth-order valence-electron chi connectivity index (χ4n) is 2.49. The first-order chi connectivity index (χ1) is 9.12. The number of carbonyl (C=O) groups excluding carboxylic acids is 1. The van der Waals surface area contributed by atoms with Gasteiger partial charge in [0.15, 0.2) is 11.6 Å². The Morgan fingerprint density at radius 3 is 2.79 bits per heavy atom. The zero-order chi connectivity index (χ0) is 13.9. The molecule has 2 rings (SSSR count). The van der Waals surface area contributed by atoms with Gasteiger partial charge in [0.25, 0.3) is 5.91 Å². The summed E-state index contributed by atoms with van der Waals surface area (Å²) in [6.45, 7) is 2.76. The highest BCUT2D eigenvalue weighted by atomic mass is 19.1. The summed E-state index contributed by atoms with van der Waals surface area (Å²) in [5.41, 5.74) is 0.273. The van der Waals surface area contributed by atoms with Crippen LogP contribution in [0.15, 0.2) is 12.3 Å². The number of amides is 1. The summed E-state index contributed by atoms with van der Waals surface area (Å²) >= 11 is 0. The third-order valence-corrected chi connectivity index (χ3v) is 4.16. The molecule has 19 heavy (non-hydrogen) atoms. The summed E-state index contributed by atoms with van der Waals surface area (Å²) in [7, 11) is 1.58. The van der Waals surface area contributed by atoms with Crippen LogP contribution in [0.5, 0.6) is 0 Å². The topological polar surface area (TPSA) is 54.0 Å². The number of halogens is 1. The number of rotatable bonds is 5. The van der Waals surface area contributed by atoms with E-state index in [9.17, 15) is 9.18 Å². The Balaban J connectivity index is 2.04. The molecule has 0 saturated heterocycles. The van der Waals surface area contributed by atoms with E-state index in [2.05, 4.69) is 22.5 Å². The number of hydrogen-bond acceptors (Lipinski definition) is 3. The average molecular weight is 265 g/mol. The maximum Gasteiger partial charge on any atom is 0.254 e. The number of nitrogens with zero attached hydrogens (tertiary/aromatic N) is 1. The SMILES string of the molecule is CCC1(CNC(=O)c2ccnc(NC)c2F)CCC1. The van der Waals surface area contributed by atoms with Gasteiger partial charge in [0.1, 0.15) is 0 Å². The van der Waals surface area contributed by atoms with Gasteiger partial charge in [-0.15, -0.1) is 0 Å².